The third kappa shape index (κ3) is 4.57. The van der Waals surface area contributed by atoms with Crippen LogP contribution in [0.2, 0.25) is 0 Å². The number of rotatable bonds is 6. The molecule has 3 rings (SSSR count). The molecule has 2 N–H and O–H groups in total. The smallest absolute Gasteiger partial charge is 0.270 e. The van der Waals surface area contributed by atoms with Crippen molar-refractivity contribution < 1.29 is 9.53 Å². The summed E-state index contributed by atoms with van der Waals surface area (Å²) in [6, 6.07) is 20.9. The van der Waals surface area contributed by atoms with Gasteiger partial charge in [0.2, 0.25) is 0 Å². The van der Waals surface area contributed by atoms with Crippen LogP contribution in [0.15, 0.2) is 72.9 Å². The maximum atomic E-state index is 12.3. The minimum absolute atomic E-state index is 0.210. The highest BCUT2D eigenvalue weighted by Gasteiger charge is 2.08. The Bertz CT molecular complexity index is 850. The van der Waals surface area contributed by atoms with E-state index in [1.165, 1.54) is 0 Å². The van der Waals surface area contributed by atoms with Crippen LogP contribution >= 0.6 is 0 Å². The van der Waals surface area contributed by atoms with Gasteiger partial charge in [0.25, 0.3) is 5.91 Å². The van der Waals surface area contributed by atoms with Gasteiger partial charge in [-0.1, -0.05) is 36.4 Å². The van der Waals surface area contributed by atoms with Crippen LogP contribution in [0.3, 0.4) is 0 Å². The Hall–Kier alpha value is -3.34. The second-order valence-corrected chi connectivity index (χ2v) is 5.45. The Morgan fingerprint density at radius 3 is 2.60 bits per heavy atom. The summed E-state index contributed by atoms with van der Waals surface area (Å²) in [5.41, 5.74) is 3.07. The number of hydrogen-bond donors (Lipinski definition) is 2. The molecule has 0 aliphatic rings. The molecule has 0 aliphatic heterocycles. The maximum Gasteiger partial charge on any atom is 0.270 e. The van der Waals surface area contributed by atoms with Gasteiger partial charge in [-0.2, -0.15) is 0 Å². The van der Waals surface area contributed by atoms with Crippen LogP contribution in [0.4, 0.5) is 11.4 Å². The average Bonchev–Trinajstić information content (AvgIpc) is 2.67. The molecule has 1 heterocycles. The number of hydrogen-bond acceptors (Lipinski definition) is 4. The number of benzene rings is 2. The molecule has 2 aromatic carbocycles. The molecule has 5 heteroatoms. The lowest BCUT2D eigenvalue weighted by Gasteiger charge is -2.09. The predicted molar refractivity (Wildman–Crippen MR) is 98.1 cm³/mol. The third-order valence-electron chi connectivity index (χ3n) is 3.65. The van der Waals surface area contributed by atoms with Gasteiger partial charge in [0.1, 0.15) is 11.4 Å². The van der Waals surface area contributed by atoms with E-state index in [4.69, 9.17) is 4.74 Å². The van der Waals surface area contributed by atoms with Crippen LogP contribution in [-0.4, -0.2) is 18.0 Å². The first-order chi connectivity index (χ1) is 12.2. The van der Waals surface area contributed by atoms with E-state index in [0.29, 0.717) is 12.2 Å². The molecule has 0 aliphatic carbocycles. The lowest BCUT2D eigenvalue weighted by atomic mass is 10.2. The first kappa shape index (κ1) is 16.5. The molecular formula is C20H19N3O2. The number of carbonyl (C=O) groups is 1. The summed E-state index contributed by atoms with van der Waals surface area (Å²) >= 11 is 0. The molecular weight excluding hydrogens is 314 g/mol. The number of amides is 1. The van der Waals surface area contributed by atoms with Crippen molar-refractivity contribution in [3.05, 3.63) is 84.2 Å². The first-order valence-electron chi connectivity index (χ1n) is 7.94. The zero-order chi connectivity index (χ0) is 17.5. The van der Waals surface area contributed by atoms with Gasteiger partial charge in [0.05, 0.1) is 7.11 Å². The maximum absolute atomic E-state index is 12.3. The van der Waals surface area contributed by atoms with E-state index in [1.54, 1.807) is 19.4 Å². The van der Waals surface area contributed by atoms with E-state index in [0.717, 1.165) is 22.7 Å². The van der Waals surface area contributed by atoms with Crippen molar-refractivity contribution in [3.8, 4) is 5.75 Å². The summed E-state index contributed by atoms with van der Waals surface area (Å²) in [4.78, 5) is 16.5. The third-order valence-corrected chi connectivity index (χ3v) is 3.65. The number of nitrogens with zero attached hydrogens (tertiary/aromatic N) is 1. The van der Waals surface area contributed by atoms with Gasteiger partial charge in [0.15, 0.2) is 0 Å². The fourth-order valence-electron chi connectivity index (χ4n) is 2.37. The molecule has 0 unspecified atom stereocenters. The Kier molecular flexibility index (Phi) is 5.26. The topological polar surface area (TPSA) is 63.2 Å². The second kappa shape index (κ2) is 7.97. The lowest BCUT2D eigenvalue weighted by molar-refractivity contribution is 0.0946. The zero-order valence-corrected chi connectivity index (χ0v) is 13.9. The fraction of sp³-hybridized carbons (Fsp3) is 0.100. The number of ether oxygens (including phenoxy) is 1. The van der Waals surface area contributed by atoms with Gasteiger partial charge >= 0.3 is 0 Å². The molecule has 5 nitrogen and oxygen atoms in total. The van der Waals surface area contributed by atoms with Crippen LogP contribution in [0, 0.1) is 0 Å². The summed E-state index contributed by atoms with van der Waals surface area (Å²) in [6.07, 6.45) is 1.61. The van der Waals surface area contributed by atoms with Crippen LogP contribution < -0.4 is 15.4 Å². The summed E-state index contributed by atoms with van der Waals surface area (Å²) in [7, 11) is 1.63. The van der Waals surface area contributed by atoms with Crippen molar-refractivity contribution in [1.82, 2.24) is 10.3 Å². The van der Waals surface area contributed by atoms with Crippen molar-refractivity contribution in [2.75, 3.05) is 12.4 Å². The molecule has 25 heavy (non-hydrogen) atoms. The molecule has 1 aromatic heterocycles. The predicted octanol–water partition coefficient (Wildman–Crippen LogP) is 3.76. The quantitative estimate of drug-likeness (QED) is 0.721. The van der Waals surface area contributed by atoms with E-state index in [1.807, 2.05) is 60.7 Å². The Morgan fingerprint density at radius 1 is 1.00 bits per heavy atom. The van der Waals surface area contributed by atoms with Gasteiger partial charge < -0.3 is 15.4 Å². The van der Waals surface area contributed by atoms with Crippen molar-refractivity contribution in [1.29, 1.82) is 0 Å². The summed E-state index contributed by atoms with van der Waals surface area (Å²) in [6.45, 7) is 0.467. The summed E-state index contributed by atoms with van der Waals surface area (Å²) in [5.74, 6) is 0.554. The van der Waals surface area contributed by atoms with E-state index < -0.39 is 0 Å². The van der Waals surface area contributed by atoms with E-state index in [9.17, 15) is 4.79 Å². The molecule has 3 aromatic rings. The van der Waals surface area contributed by atoms with E-state index in [-0.39, 0.29) is 5.91 Å². The Labute approximate surface area is 146 Å². The highest BCUT2D eigenvalue weighted by Crippen LogP contribution is 2.21. The standard InChI is InChI=1S/C20H19N3O2/c1-25-18-9-5-8-16(12-18)23-17-10-11-21-19(13-17)20(24)22-14-15-6-3-2-4-7-15/h2-13H,14H2,1H3,(H,21,23)(H,22,24). The van der Waals surface area contributed by atoms with Crippen molar-refractivity contribution in [3.63, 3.8) is 0 Å². The van der Waals surface area contributed by atoms with Gasteiger partial charge in [0, 0.05) is 30.2 Å². The van der Waals surface area contributed by atoms with Crippen LogP contribution in [-0.2, 0) is 6.54 Å². The molecule has 0 spiro atoms. The minimum atomic E-state index is -0.210. The largest absolute Gasteiger partial charge is 0.497 e. The van der Waals surface area contributed by atoms with Crippen LogP contribution in [0.1, 0.15) is 16.1 Å². The molecule has 0 saturated carbocycles. The monoisotopic (exact) mass is 333 g/mol. The summed E-state index contributed by atoms with van der Waals surface area (Å²) in [5, 5.41) is 6.12. The molecule has 0 atom stereocenters. The van der Waals surface area contributed by atoms with E-state index in [2.05, 4.69) is 15.6 Å². The number of pyridine rings is 1. The normalized spacial score (nSPS) is 10.1. The van der Waals surface area contributed by atoms with Crippen molar-refractivity contribution >= 4 is 17.3 Å². The summed E-state index contributed by atoms with van der Waals surface area (Å²) < 4.78 is 5.21. The highest BCUT2D eigenvalue weighted by atomic mass is 16.5. The first-order valence-corrected chi connectivity index (χ1v) is 7.94. The van der Waals surface area contributed by atoms with Gasteiger partial charge in [-0.05, 0) is 29.8 Å². The van der Waals surface area contributed by atoms with Crippen molar-refractivity contribution in [2.45, 2.75) is 6.54 Å². The zero-order valence-electron chi connectivity index (χ0n) is 13.9. The second-order valence-electron chi connectivity index (χ2n) is 5.45. The van der Waals surface area contributed by atoms with Crippen molar-refractivity contribution in [2.24, 2.45) is 0 Å². The number of anilines is 2. The average molecular weight is 333 g/mol. The number of aromatic nitrogens is 1. The molecule has 0 radical (unpaired) electrons. The molecule has 0 bridgehead atoms. The number of nitrogens with one attached hydrogen (secondary N) is 2. The van der Waals surface area contributed by atoms with E-state index >= 15 is 0 Å². The molecule has 126 valence electrons. The SMILES string of the molecule is COc1cccc(Nc2ccnc(C(=O)NCc3ccccc3)c2)c1. The van der Waals surface area contributed by atoms with Gasteiger partial charge in [-0.3, -0.25) is 9.78 Å². The minimum Gasteiger partial charge on any atom is -0.497 e. The lowest BCUT2D eigenvalue weighted by Crippen LogP contribution is -2.23. The molecule has 0 fully saturated rings. The molecule has 0 saturated heterocycles. The number of methoxy groups -OCH3 is 1. The molecule has 1 amide bonds. The highest BCUT2D eigenvalue weighted by molar-refractivity contribution is 5.93. The Balaban J connectivity index is 1.67. The fourth-order valence-corrected chi connectivity index (χ4v) is 2.37. The van der Waals surface area contributed by atoms with Crippen LogP contribution in [0.25, 0.3) is 0 Å². The van der Waals surface area contributed by atoms with Gasteiger partial charge in [-0.25, -0.2) is 0 Å². The van der Waals surface area contributed by atoms with Gasteiger partial charge in [-0.15, -0.1) is 0 Å². The number of carbonyl (C=O) groups excluding carboxylic acids is 1. The van der Waals surface area contributed by atoms with Crippen LogP contribution in [0.5, 0.6) is 5.75 Å². The Morgan fingerprint density at radius 2 is 1.80 bits per heavy atom.